The molecule has 7 heteroatoms. The van der Waals surface area contributed by atoms with Gasteiger partial charge in [-0.2, -0.15) is 0 Å². The number of halogens is 1. The van der Waals surface area contributed by atoms with Crippen molar-refractivity contribution in [3.8, 4) is 16.2 Å². The zero-order chi connectivity index (χ0) is 19.0. The largest absolute Gasteiger partial charge is 0.477 e. The van der Waals surface area contributed by atoms with Crippen LogP contribution >= 0.6 is 22.9 Å². The van der Waals surface area contributed by atoms with Gasteiger partial charge in [-0.1, -0.05) is 35.9 Å². The van der Waals surface area contributed by atoms with E-state index in [0.717, 1.165) is 10.4 Å². The summed E-state index contributed by atoms with van der Waals surface area (Å²) >= 11 is 7.32. The molecule has 0 saturated carbocycles. The molecule has 0 bridgehead atoms. The van der Waals surface area contributed by atoms with E-state index in [4.69, 9.17) is 22.1 Å². The van der Waals surface area contributed by atoms with Crippen LogP contribution in [0.5, 0.6) is 5.75 Å². The van der Waals surface area contributed by atoms with E-state index in [-0.39, 0.29) is 12.5 Å². The number of nitrogens with two attached hydrogens (primary N) is 1. The molecule has 0 unspecified atom stereocenters. The first-order valence-electron chi connectivity index (χ1n) is 8.25. The van der Waals surface area contributed by atoms with E-state index in [2.05, 4.69) is 0 Å². The van der Waals surface area contributed by atoms with E-state index in [1.165, 1.54) is 11.3 Å². The number of amides is 2. The fourth-order valence-electron chi connectivity index (χ4n) is 2.93. The molecule has 3 aromatic rings. The van der Waals surface area contributed by atoms with Crippen LogP contribution < -0.4 is 15.4 Å². The van der Waals surface area contributed by atoms with Gasteiger partial charge in [-0.15, -0.1) is 11.3 Å². The fourth-order valence-corrected chi connectivity index (χ4v) is 4.02. The molecule has 1 atom stereocenters. The molecule has 136 valence electrons. The topological polar surface area (TPSA) is 72.6 Å². The monoisotopic (exact) mass is 398 g/mol. The van der Waals surface area contributed by atoms with E-state index in [1.54, 1.807) is 29.2 Å². The van der Waals surface area contributed by atoms with Crippen molar-refractivity contribution in [2.75, 3.05) is 11.4 Å². The van der Waals surface area contributed by atoms with Crippen LogP contribution in [0.1, 0.15) is 9.67 Å². The minimum Gasteiger partial charge on any atom is -0.477 e. The predicted molar refractivity (Wildman–Crippen MR) is 106 cm³/mol. The number of benzene rings is 2. The molecular formula is C20H15ClN2O3S. The van der Waals surface area contributed by atoms with E-state index in [1.807, 2.05) is 36.4 Å². The van der Waals surface area contributed by atoms with Crippen molar-refractivity contribution >= 4 is 40.4 Å². The third-order valence-electron chi connectivity index (χ3n) is 4.28. The fraction of sp³-hybridized carbons (Fsp3) is 0.100. The van der Waals surface area contributed by atoms with Crippen molar-refractivity contribution in [1.29, 1.82) is 0 Å². The standard InChI is InChI=1S/C20H15ClN2O3S/c21-13-7-5-12(6-8-13)17-9-10-18(27-17)20(25)23-11-16(19(22)24)26-15-4-2-1-3-14(15)23/h1-10,16H,11H2,(H2,22,24)/t16-/m0/s1. The molecule has 0 saturated heterocycles. The van der Waals surface area contributed by atoms with Gasteiger partial charge in [0.2, 0.25) is 0 Å². The Labute approximate surface area is 164 Å². The molecule has 2 amide bonds. The molecule has 27 heavy (non-hydrogen) atoms. The van der Waals surface area contributed by atoms with E-state index >= 15 is 0 Å². The second-order valence-corrected chi connectivity index (χ2v) is 7.58. The molecule has 2 heterocycles. The van der Waals surface area contributed by atoms with Crippen LogP contribution in [0.4, 0.5) is 5.69 Å². The quantitative estimate of drug-likeness (QED) is 0.725. The number of fused-ring (bicyclic) bond motifs is 1. The van der Waals surface area contributed by atoms with Crippen molar-refractivity contribution < 1.29 is 14.3 Å². The number of anilines is 1. The number of primary amides is 1. The third kappa shape index (κ3) is 3.41. The number of thiophene rings is 1. The number of para-hydroxylation sites is 2. The highest BCUT2D eigenvalue weighted by atomic mass is 35.5. The van der Waals surface area contributed by atoms with Gasteiger partial charge >= 0.3 is 0 Å². The Balaban J connectivity index is 1.66. The Morgan fingerprint density at radius 2 is 1.81 bits per heavy atom. The van der Waals surface area contributed by atoms with Gasteiger partial charge < -0.3 is 10.5 Å². The molecule has 1 aliphatic rings. The molecule has 4 rings (SSSR count). The molecule has 0 radical (unpaired) electrons. The lowest BCUT2D eigenvalue weighted by Crippen LogP contribution is -2.49. The van der Waals surface area contributed by atoms with Crippen LogP contribution in [-0.4, -0.2) is 24.5 Å². The van der Waals surface area contributed by atoms with Crippen molar-refractivity contribution in [3.63, 3.8) is 0 Å². The molecule has 2 N–H and O–H groups in total. The van der Waals surface area contributed by atoms with Gasteiger partial charge in [-0.3, -0.25) is 14.5 Å². The average Bonchev–Trinajstić information content (AvgIpc) is 3.17. The lowest BCUT2D eigenvalue weighted by atomic mass is 10.1. The highest BCUT2D eigenvalue weighted by Gasteiger charge is 2.33. The molecule has 1 aliphatic heterocycles. The predicted octanol–water partition coefficient (Wildman–Crippen LogP) is 3.96. The number of hydrogen-bond acceptors (Lipinski definition) is 4. The lowest BCUT2D eigenvalue weighted by molar-refractivity contribution is -0.124. The van der Waals surface area contributed by atoms with Crippen LogP contribution in [0.25, 0.3) is 10.4 Å². The minimum absolute atomic E-state index is 0.0827. The van der Waals surface area contributed by atoms with Gasteiger partial charge in [0.05, 0.1) is 17.1 Å². The van der Waals surface area contributed by atoms with Crippen LogP contribution in [0.15, 0.2) is 60.7 Å². The Hall–Kier alpha value is -2.83. The van der Waals surface area contributed by atoms with E-state index in [9.17, 15) is 9.59 Å². The summed E-state index contributed by atoms with van der Waals surface area (Å²) in [6, 6.07) is 18.3. The first kappa shape index (κ1) is 17.6. The summed E-state index contributed by atoms with van der Waals surface area (Å²) in [5.41, 5.74) is 7.02. The number of rotatable bonds is 3. The molecule has 0 fully saturated rings. The number of carbonyl (C=O) groups is 2. The summed E-state index contributed by atoms with van der Waals surface area (Å²) in [6.45, 7) is 0.0827. The lowest BCUT2D eigenvalue weighted by Gasteiger charge is -2.33. The third-order valence-corrected chi connectivity index (χ3v) is 5.66. The zero-order valence-electron chi connectivity index (χ0n) is 14.1. The second-order valence-electron chi connectivity index (χ2n) is 6.06. The van der Waals surface area contributed by atoms with Gasteiger partial charge in [-0.25, -0.2) is 0 Å². The second kappa shape index (κ2) is 7.06. The zero-order valence-corrected chi connectivity index (χ0v) is 15.7. The summed E-state index contributed by atoms with van der Waals surface area (Å²) in [7, 11) is 0. The van der Waals surface area contributed by atoms with Gasteiger partial charge in [0.25, 0.3) is 11.8 Å². The van der Waals surface area contributed by atoms with Gasteiger partial charge in [0, 0.05) is 9.90 Å². The van der Waals surface area contributed by atoms with Crippen molar-refractivity contribution in [1.82, 2.24) is 0 Å². The van der Waals surface area contributed by atoms with Gasteiger partial charge in [-0.05, 0) is 42.0 Å². The molecule has 0 spiro atoms. The van der Waals surface area contributed by atoms with Gasteiger partial charge in [0.15, 0.2) is 6.10 Å². The number of carbonyl (C=O) groups excluding carboxylic acids is 2. The molecule has 2 aromatic carbocycles. The maximum absolute atomic E-state index is 13.1. The summed E-state index contributed by atoms with van der Waals surface area (Å²) in [6.07, 6.45) is -0.875. The molecule has 1 aromatic heterocycles. The SMILES string of the molecule is NC(=O)[C@@H]1CN(C(=O)c2ccc(-c3ccc(Cl)cc3)s2)c2ccccc2O1. The summed E-state index contributed by atoms with van der Waals surface area (Å²) in [5, 5.41) is 0.661. The Morgan fingerprint density at radius 3 is 2.56 bits per heavy atom. The molecule has 0 aliphatic carbocycles. The Bertz CT molecular complexity index is 1020. The van der Waals surface area contributed by atoms with E-state index < -0.39 is 12.0 Å². The number of nitrogens with zero attached hydrogens (tertiary/aromatic N) is 1. The van der Waals surface area contributed by atoms with Crippen LogP contribution in [0, 0.1) is 0 Å². The van der Waals surface area contributed by atoms with Crippen LogP contribution in [0.3, 0.4) is 0 Å². The first-order valence-corrected chi connectivity index (χ1v) is 9.45. The molecule has 5 nitrogen and oxygen atoms in total. The van der Waals surface area contributed by atoms with Crippen LogP contribution in [0.2, 0.25) is 5.02 Å². The van der Waals surface area contributed by atoms with Crippen molar-refractivity contribution in [3.05, 3.63) is 70.6 Å². The number of ether oxygens (including phenoxy) is 1. The van der Waals surface area contributed by atoms with Gasteiger partial charge in [0.1, 0.15) is 5.75 Å². The Kier molecular flexibility index (Phi) is 4.59. The maximum Gasteiger partial charge on any atom is 0.268 e. The summed E-state index contributed by atoms with van der Waals surface area (Å²) in [4.78, 5) is 27.9. The average molecular weight is 399 g/mol. The summed E-state index contributed by atoms with van der Waals surface area (Å²) < 4.78 is 5.62. The normalized spacial score (nSPS) is 15.7. The highest BCUT2D eigenvalue weighted by molar-refractivity contribution is 7.17. The van der Waals surface area contributed by atoms with Crippen LogP contribution in [-0.2, 0) is 4.79 Å². The number of hydrogen-bond donors (Lipinski definition) is 1. The minimum atomic E-state index is -0.875. The van der Waals surface area contributed by atoms with Crippen molar-refractivity contribution in [2.45, 2.75) is 6.10 Å². The maximum atomic E-state index is 13.1. The first-order chi connectivity index (χ1) is 13.0. The molecular weight excluding hydrogens is 384 g/mol. The Morgan fingerprint density at radius 1 is 1.07 bits per heavy atom. The van der Waals surface area contributed by atoms with E-state index in [0.29, 0.717) is 21.3 Å². The highest BCUT2D eigenvalue weighted by Crippen LogP contribution is 2.36. The van der Waals surface area contributed by atoms with Crippen molar-refractivity contribution in [2.24, 2.45) is 5.73 Å². The summed E-state index contributed by atoms with van der Waals surface area (Å²) in [5.74, 6) is -0.326. The smallest absolute Gasteiger partial charge is 0.268 e.